The minimum absolute atomic E-state index is 0.0278. The standard InChI is InChI=1S/C23H31N3O/c1-17(2)15-21(24)23(27)25-22-9-6-14-26(22)16-18-10-12-20(13-11-18)19-7-4-3-5-8-19/h3-5,7-8,10-13,17,21-22H,6,9,14-16,24H2,1-2H3,(H,25,27)/t21-,22?/m0/s1. The third-order valence-electron chi connectivity index (χ3n) is 5.18. The number of nitrogens with one attached hydrogen (secondary N) is 1. The van der Waals surface area contributed by atoms with Crippen LogP contribution in [0.2, 0.25) is 0 Å². The quantitative estimate of drug-likeness (QED) is 0.785. The first-order chi connectivity index (χ1) is 13.0. The fraction of sp³-hybridized carbons (Fsp3) is 0.435. The zero-order valence-corrected chi connectivity index (χ0v) is 16.4. The van der Waals surface area contributed by atoms with Gasteiger partial charge in [0.25, 0.3) is 0 Å². The van der Waals surface area contributed by atoms with Gasteiger partial charge in [-0.3, -0.25) is 9.69 Å². The number of hydrogen-bond donors (Lipinski definition) is 2. The van der Waals surface area contributed by atoms with Crippen LogP contribution in [0.4, 0.5) is 0 Å². The first-order valence-electron chi connectivity index (χ1n) is 9.97. The second kappa shape index (κ2) is 9.16. The first kappa shape index (κ1) is 19.6. The molecule has 0 bridgehead atoms. The van der Waals surface area contributed by atoms with Gasteiger partial charge in [-0.2, -0.15) is 0 Å². The van der Waals surface area contributed by atoms with Crippen molar-refractivity contribution in [2.45, 2.75) is 51.9 Å². The van der Waals surface area contributed by atoms with Crippen LogP contribution < -0.4 is 11.1 Å². The van der Waals surface area contributed by atoms with Crippen molar-refractivity contribution in [2.75, 3.05) is 6.54 Å². The average Bonchev–Trinajstić information content (AvgIpc) is 3.09. The van der Waals surface area contributed by atoms with Gasteiger partial charge in [0.2, 0.25) is 5.91 Å². The summed E-state index contributed by atoms with van der Waals surface area (Å²) >= 11 is 0. The summed E-state index contributed by atoms with van der Waals surface area (Å²) < 4.78 is 0. The third kappa shape index (κ3) is 5.41. The number of carbonyl (C=O) groups excluding carboxylic acids is 1. The highest BCUT2D eigenvalue weighted by Gasteiger charge is 2.27. The molecule has 0 saturated carbocycles. The highest BCUT2D eigenvalue weighted by molar-refractivity contribution is 5.81. The third-order valence-corrected chi connectivity index (χ3v) is 5.18. The molecule has 4 heteroatoms. The normalized spacial score (nSPS) is 18.6. The molecule has 2 aromatic carbocycles. The van der Waals surface area contributed by atoms with Crippen molar-refractivity contribution >= 4 is 5.91 Å². The molecule has 0 spiro atoms. The first-order valence-corrected chi connectivity index (χ1v) is 9.97. The molecule has 1 fully saturated rings. The number of nitrogens with two attached hydrogens (primary N) is 1. The van der Waals surface area contributed by atoms with E-state index in [1.807, 2.05) is 6.07 Å². The van der Waals surface area contributed by atoms with Gasteiger partial charge in [-0.25, -0.2) is 0 Å². The van der Waals surface area contributed by atoms with Gasteiger partial charge in [0.1, 0.15) is 0 Å². The predicted molar refractivity (Wildman–Crippen MR) is 111 cm³/mol. The van der Waals surface area contributed by atoms with Gasteiger partial charge in [-0.1, -0.05) is 68.4 Å². The molecule has 144 valence electrons. The highest BCUT2D eigenvalue weighted by atomic mass is 16.2. The minimum Gasteiger partial charge on any atom is -0.339 e. The summed E-state index contributed by atoms with van der Waals surface area (Å²) in [6, 6.07) is 18.7. The van der Waals surface area contributed by atoms with E-state index < -0.39 is 6.04 Å². The number of nitrogens with zero attached hydrogens (tertiary/aromatic N) is 1. The Morgan fingerprint density at radius 3 is 2.44 bits per heavy atom. The molecule has 1 heterocycles. The molecule has 0 aliphatic carbocycles. The van der Waals surface area contributed by atoms with Crippen molar-refractivity contribution in [3.8, 4) is 11.1 Å². The predicted octanol–water partition coefficient (Wildman–Crippen LogP) is 3.77. The summed E-state index contributed by atoms with van der Waals surface area (Å²) in [5.41, 5.74) is 9.76. The van der Waals surface area contributed by atoms with E-state index >= 15 is 0 Å². The zero-order valence-electron chi connectivity index (χ0n) is 16.4. The molecule has 1 unspecified atom stereocenters. The lowest BCUT2D eigenvalue weighted by atomic mass is 10.0. The molecule has 27 heavy (non-hydrogen) atoms. The SMILES string of the molecule is CC(C)C[C@H](N)C(=O)NC1CCCN1Cc1ccc(-c2ccccc2)cc1. The maximum Gasteiger partial charge on any atom is 0.238 e. The van der Waals surface area contributed by atoms with Gasteiger partial charge < -0.3 is 11.1 Å². The summed E-state index contributed by atoms with van der Waals surface area (Å²) in [6.07, 6.45) is 2.90. The summed E-state index contributed by atoms with van der Waals surface area (Å²) in [5, 5.41) is 3.15. The van der Waals surface area contributed by atoms with Gasteiger partial charge in [0, 0.05) is 13.1 Å². The van der Waals surface area contributed by atoms with E-state index in [1.165, 1.54) is 16.7 Å². The Morgan fingerprint density at radius 2 is 1.78 bits per heavy atom. The Bertz CT molecular complexity index is 727. The number of amides is 1. The smallest absolute Gasteiger partial charge is 0.238 e. The lowest BCUT2D eigenvalue weighted by Gasteiger charge is -2.27. The minimum atomic E-state index is -0.419. The Kier molecular flexibility index (Phi) is 6.64. The second-order valence-electron chi connectivity index (χ2n) is 7.94. The fourth-order valence-corrected chi connectivity index (χ4v) is 3.73. The van der Waals surface area contributed by atoms with Crippen LogP contribution >= 0.6 is 0 Å². The Hall–Kier alpha value is -2.17. The van der Waals surface area contributed by atoms with Crippen LogP contribution in [0.1, 0.15) is 38.7 Å². The summed E-state index contributed by atoms with van der Waals surface area (Å²) in [6.45, 7) is 6.03. The maximum absolute atomic E-state index is 12.4. The molecule has 0 aromatic heterocycles. The molecule has 2 aromatic rings. The van der Waals surface area contributed by atoms with E-state index in [0.29, 0.717) is 5.92 Å². The van der Waals surface area contributed by atoms with Crippen molar-refractivity contribution in [1.29, 1.82) is 0 Å². The molecule has 4 nitrogen and oxygen atoms in total. The Labute approximate surface area is 162 Å². The fourth-order valence-electron chi connectivity index (χ4n) is 3.73. The van der Waals surface area contributed by atoms with Gasteiger partial charge in [0.15, 0.2) is 0 Å². The van der Waals surface area contributed by atoms with Crippen LogP contribution in [0.3, 0.4) is 0 Å². The van der Waals surface area contributed by atoms with Crippen LogP contribution in [0.15, 0.2) is 54.6 Å². The molecule has 1 saturated heterocycles. The monoisotopic (exact) mass is 365 g/mol. The van der Waals surface area contributed by atoms with Crippen LogP contribution in [0.25, 0.3) is 11.1 Å². The molecular weight excluding hydrogens is 334 g/mol. The van der Waals surface area contributed by atoms with Crippen molar-refractivity contribution in [1.82, 2.24) is 10.2 Å². The molecule has 3 N–H and O–H groups in total. The summed E-state index contributed by atoms with van der Waals surface area (Å²) in [7, 11) is 0. The van der Waals surface area contributed by atoms with Crippen LogP contribution in [-0.2, 0) is 11.3 Å². The van der Waals surface area contributed by atoms with Gasteiger partial charge in [-0.05, 0) is 41.9 Å². The molecule has 3 rings (SSSR count). The van der Waals surface area contributed by atoms with Crippen LogP contribution in [-0.4, -0.2) is 29.6 Å². The van der Waals surface area contributed by atoms with Crippen molar-refractivity contribution in [3.05, 3.63) is 60.2 Å². The lowest BCUT2D eigenvalue weighted by molar-refractivity contribution is -0.124. The molecular formula is C23H31N3O. The number of hydrogen-bond acceptors (Lipinski definition) is 3. The zero-order chi connectivity index (χ0) is 19.2. The molecule has 1 amide bonds. The van der Waals surface area contributed by atoms with Crippen molar-refractivity contribution in [2.24, 2.45) is 11.7 Å². The second-order valence-corrected chi connectivity index (χ2v) is 7.94. The molecule has 1 aliphatic heterocycles. The van der Waals surface area contributed by atoms with E-state index in [9.17, 15) is 4.79 Å². The van der Waals surface area contributed by atoms with E-state index in [4.69, 9.17) is 5.73 Å². The highest BCUT2D eigenvalue weighted by Crippen LogP contribution is 2.22. The molecule has 2 atom stereocenters. The summed E-state index contributed by atoms with van der Waals surface area (Å²) in [4.78, 5) is 14.7. The largest absolute Gasteiger partial charge is 0.339 e. The number of carbonyl (C=O) groups is 1. The topological polar surface area (TPSA) is 58.4 Å². The maximum atomic E-state index is 12.4. The summed E-state index contributed by atoms with van der Waals surface area (Å²) in [5.74, 6) is 0.397. The van der Waals surface area contributed by atoms with Crippen molar-refractivity contribution in [3.63, 3.8) is 0 Å². The van der Waals surface area contributed by atoms with E-state index in [2.05, 4.69) is 72.6 Å². The number of likely N-dealkylation sites (tertiary alicyclic amines) is 1. The van der Waals surface area contributed by atoms with Crippen LogP contribution in [0, 0.1) is 5.92 Å². The molecule has 0 radical (unpaired) electrons. The van der Waals surface area contributed by atoms with Gasteiger partial charge in [0.05, 0.1) is 12.2 Å². The Morgan fingerprint density at radius 1 is 1.11 bits per heavy atom. The van der Waals surface area contributed by atoms with Gasteiger partial charge in [-0.15, -0.1) is 0 Å². The average molecular weight is 366 g/mol. The lowest BCUT2D eigenvalue weighted by Crippen LogP contribution is -2.50. The Balaban J connectivity index is 1.58. The molecule has 1 aliphatic rings. The number of benzene rings is 2. The van der Waals surface area contributed by atoms with Gasteiger partial charge >= 0.3 is 0 Å². The van der Waals surface area contributed by atoms with E-state index in [0.717, 1.165) is 32.4 Å². The van der Waals surface area contributed by atoms with Crippen molar-refractivity contribution < 1.29 is 4.79 Å². The number of rotatable bonds is 7. The van der Waals surface area contributed by atoms with E-state index in [1.54, 1.807) is 0 Å². The van der Waals surface area contributed by atoms with Crippen LogP contribution in [0.5, 0.6) is 0 Å². The van der Waals surface area contributed by atoms with E-state index in [-0.39, 0.29) is 12.1 Å².